The standard InChI is InChI=1S/C17H24N2O4/c1-4-12(2)18-17(21)7-8-19(13(3)20)10-14-5-6-15-16(9-14)23-11-22-15/h5-6,9,12H,4,7-8,10-11H2,1-3H3,(H,18,21). The molecule has 1 N–H and O–H groups in total. The van der Waals surface area contributed by atoms with Crippen LogP contribution in [0.2, 0.25) is 0 Å². The predicted octanol–water partition coefficient (Wildman–Crippen LogP) is 2.07. The number of amides is 2. The van der Waals surface area contributed by atoms with Crippen LogP contribution in [0.4, 0.5) is 0 Å². The van der Waals surface area contributed by atoms with Crippen LogP contribution in [0.25, 0.3) is 0 Å². The number of ether oxygens (including phenoxy) is 2. The topological polar surface area (TPSA) is 67.9 Å². The lowest BCUT2D eigenvalue weighted by Crippen LogP contribution is -2.36. The summed E-state index contributed by atoms with van der Waals surface area (Å²) in [6.07, 6.45) is 1.19. The predicted molar refractivity (Wildman–Crippen MR) is 86.2 cm³/mol. The molecular weight excluding hydrogens is 296 g/mol. The van der Waals surface area contributed by atoms with E-state index in [1.54, 1.807) is 4.90 Å². The number of nitrogens with one attached hydrogen (secondary N) is 1. The number of nitrogens with zero attached hydrogens (tertiary/aromatic N) is 1. The minimum Gasteiger partial charge on any atom is -0.454 e. The highest BCUT2D eigenvalue weighted by molar-refractivity contribution is 5.78. The van der Waals surface area contributed by atoms with Gasteiger partial charge in [-0.1, -0.05) is 13.0 Å². The summed E-state index contributed by atoms with van der Waals surface area (Å²) < 4.78 is 10.6. The van der Waals surface area contributed by atoms with Gasteiger partial charge in [-0.2, -0.15) is 0 Å². The molecule has 6 nitrogen and oxygen atoms in total. The molecule has 1 unspecified atom stereocenters. The highest BCUT2D eigenvalue weighted by Crippen LogP contribution is 2.32. The summed E-state index contributed by atoms with van der Waals surface area (Å²) >= 11 is 0. The van der Waals surface area contributed by atoms with Crippen molar-refractivity contribution in [3.8, 4) is 11.5 Å². The molecular formula is C17H24N2O4. The van der Waals surface area contributed by atoms with Crippen molar-refractivity contribution in [3.05, 3.63) is 23.8 Å². The molecule has 6 heteroatoms. The van der Waals surface area contributed by atoms with E-state index in [-0.39, 0.29) is 24.6 Å². The molecule has 23 heavy (non-hydrogen) atoms. The molecule has 0 bridgehead atoms. The van der Waals surface area contributed by atoms with Gasteiger partial charge < -0.3 is 19.7 Å². The summed E-state index contributed by atoms with van der Waals surface area (Å²) in [4.78, 5) is 25.3. The second-order valence-corrected chi connectivity index (χ2v) is 5.75. The quantitative estimate of drug-likeness (QED) is 0.835. The van der Waals surface area contributed by atoms with E-state index in [0.29, 0.717) is 25.3 Å². The first-order valence-corrected chi connectivity index (χ1v) is 7.93. The lowest BCUT2D eigenvalue weighted by atomic mass is 10.2. The van der Waals surface area contributed by atoms with Crippen molar-refractivity contribution >= 4 is 11.8 Å². The summed E-state index contributed by atoms with van der Waals surface area (Å²) in [5.41, 5.74) is 0.951. The van der Waals surface area contributed by atoms with Crippen molar-refractivity contribution in [3.63, 3.8) is 0 Å². The van der Waals surface area contributed by atoms with Gasteiger partial charge in [0.25, 0.3) is 0 Å². The fraction of sp³-hybridized carbons (Fsp3) is 0.529. The van der Waals surface area contributed by atoms with Crippen LogP contribution in [0, 0.1) is 0 Å². The van der Waals surface area contributed by atoms with Crippen LogP contribution < -0.4 is 14.8 Å². The molecule has 0 spiro atoms. The van der Waals surface area contributed by atoms with E-state index in [9.17, 15) is 9.59 Å². The van der Waals surface area contributed by atoms with Crippen LogP contribution in [-0.2, 0) is 16.1 Å². The highest BCUT2D eigenvalue weighted by atomic mass is 16.7. The Morgan fingerprint density at radius 1 is 1.30 bits per heavy atom. The number of carbonyl (C=O) groups excluding carboxylic acids is 2. The van der Waals surface area contributed by atoms with Crippen LogP contribution in [0.1, 0.15) is 39.2 Å². The van der Waals surface area contributed by atoms with Gasteiger partial charge in [0.1, 0.15) is 0 Å². The summed E-state index contributed by atoms with van der Waals surface area (Å²) in [6.45, 7) is 6.57. The van der Waals surface area contributed by atoms with E-state index >= 15 is 0 Å². The summed E-state index contributed by atoms with van der Waals surface area (Å²) in [5.74, 6) is 1.33. The van der Waals surface area contributed by atoms with E-state index in [0.717, 1.165) is 17.7 Å². The lowest BCUT2D eigenvalue weighted by Gasteiger charge is -2.21. The molecule has 0 saturated carbocycles. The second-order valence-electron chi connectivity index (χ2n) is 5.75. The second kappa shape index (κ2) is 7.85. The van der Waals surface area contributed by atoms with Gasteiger partial charge >= 0.3 is 0 Å². The number of hydrogen-bond acceptors (Lipinski definition) is 4. The maximum Gasteiger partial charge on any atom is 0.231 e. The molecule has 0 fully saturated rings. The molecule has 1 atom stereocenters. The first-order valence-electron chi connectivity index (χ1n) is 7.93. The van der Waals surface area contributed by atoms with Crippen LogP contribution >= 0.6 is 0 Å². The molecule has 0 aromatic heterocycles. The van der Waals surface area contributed by atoms with Crippen LogP contribution in [0.3, 0.4) is 0 Å². The molecule has 0 aliphatic carbocycles. The van der Waals surface area contributed by atoms with E-state index in [1.165, 1.54) is 6.92 Å². The maximum absolute atomic E-state index is 11.9. The SMILES string of the molecule is CCC(C)NC(=O)CCN(Cc1ccc2c(c1)OCO2)C(C)=O. The molecule has 2 rings (SSSR count). The van der Waals surface area contributed by atoms with Gasteiger partial charge in [0.15, 0.2) is 11.5 Å². The first kappa shape index (κ1) is 17.1. The van der Waals surface area contributed by atoms with Gasteiger partial charge in [-0.3, -0.25) is 9.59 Å². The van der Waals surface area contributed by atoms with Gasteiger partial charge in [-0.15, -0.1) is 0 Å². The average molecular weight is 320 g/mol. The van der Waals surface area contributed by atoms with E-state index in [4.69, 9.17) is 9.47 Å². The summed E-state index contributed by atoms with van der Waals surface area (Å²) in [7, 11) is 0. The first-order chi connectivity index (χ1) is 11.0. The zero-order valence-corrected chi connectivity index (χ0v) is 13.9. The number of benzene rings is 1. The van der Waals surface area contributed by atoms with E-state index in [2.05, 4.69) is 5.32 Å². The molecule has 1 aromatic rings. The molecule has 1 aromatic carbocycles. The smallest absolute Gasteiger partial charge is 0.231 e. The largest absolute Gasteiger partial charge is 0.454 e. The molecule has 1 heterocycles. The molecule has 126 valence electrons. The lowest BCUT2D eigenvalue weighted by molar-refractivity contribution is -0.130. The summed E-state index contributed by atoms with van der Waals surface area (Å²) in [5, 5.41) is 2.91. The van der Waals surface area contributed by atoms with Crippen molar-refractivity contribution < 1.29 is 19.1 Å². The fourth-order valence-corrected chi connectivity index (χ4v) is 2.29. The normalized spacial score (nSPS) is 13.5. The third-order valence-electron chi connectivity index (χ3n) is 3.88. The number of carbonyl (C=O) groups is 2. The maximum atomic E-state index is 11.9. The number of hydrogen-bond donors (Lipinski definition) is 1. The van der Waals surface area contributed by atoms with E-state index < -0.39 is 0 Å². The Kier molecular flexibility index (Phi) is 5.84. The molecule has 1 aliphatic heterocycles. The minimum atomic E-state index is -0.0565. The van der Waals surface area contributed by atoms with Crippen molar-refractivity contribution in [2.75, 3.05) is 13.3 Å². The monoisotopic (exact) mass is 320 g/mol. The molecule has 2 amide bonds. The Labute approximate surface area is 136 Å². The van der Waals surface area contributed by atoms with Gasteiger partial charge in [-0.25, -0.2) is 0 Å². The van der Waals surface area contributed by atoms with Crippen LogP contribution in [0.15, 0.2) is 18.2 Å². The molecule has 0 saturated heterocycles. The summed E-state index contributed by atoms with van der Waals surface area (Å²) in [6, 6.07) is 5.77. The Morgan fingerprint density at radius 2 is 2.04 bits per heavy atom. The van der Waals surface area contributed by atoms with Gasteiger partial charge in [0, 0.05) is 32.5 Å². The third kappa shape index (κ3) is 4.87. The van der Waals surface area contributed by atoms with Gasteiger partial charge in [0.2, 0.25) is 18.6 Å². The fourth-order valence-electron chi connectivity index (χ4n) is 2.29. The van der Waals surface area contributed by atoms with Gasteiger partial charge in [-0.05, 0) is 31.0 Å². The van der Waals surface area contributed by atoms with Crippen molar-refractivity contribution in [1.82, 2.24) is 10.2 Å². The number of rotatable bonds is 7. The Hall–Kier alpha value is -2.24. The van der Waals surface area contributed by atoms with Gasteiger partial charge in [0.05, 0.1) is 0 Å². The molecule has 0 radical (unpaired) electrons. The average Bonchev–Trinajstić information content (AvgIpc) is 2.98. The van der Waals surface area contributed by atoms with Crippen molar-refractivity contribution in [2.24, 2.45) is 0 Å². The van der Waals surface area contributed by atoms with Crippen LogP contribution in [0.5, 0.6) is 11.5 Å². The number of fused-ring (bicyclic) bond motifs is 1. The molecule has 1 aliphatic rings. The Morgan fingerprint density at radius 3 is 2.74 bits per heavy atom. The zero-order valence-electron chi connectivity index (χ0n) is 13.9. The highest BCUT2D eigenvalue weighted by Gasteiger charge is 2.16. The Balaban J connectivity index is 1.91. The van der Waals surface area contributed by atoms with Crippen LogP contribution in [-0.4, -0.2) is 36.1 Å². The Bertz CT molecular complexity index is 574. The van der Waals surface area contributed by atoms with E-state index in [1.807, 2.05) is 32.0 Å². The van der Waals surface area contributed by atoms with Crippen molar-refractivity contribution in [2.45, 2.75) is 46.2 Å². The zero-order chi connectivity index (χ0) is 16.8. The minimum absolute atomic E-state index is 0.0312. The van der Waals surface area contributed by atoms with Crippen molar-refractivity contribution in [1.29, 1.82) is 0 Å². The third-order valence-corrected chi connectivity index (χ3v) is 3.88.